The highest BCUT2D eigenvalue weighted by atomic mass is 16.5. The number of esters is 1. The van der Waals surface area contributed by atoms with E-state index in [2.05, 4.69) is 30.5 Å². The van der Waals surface area contributed by atoms with E-state index < -0.39 is 0 Å². The van der Waals surface area contributed by atoms with Crippen molar-refractivity contribution in [1.29, 1.82) is 0 Å². The largest absolute Gasteiger partial charge is 0.465 e. The number of fused-ring (bicyclic) bond motifs is 1. The number of para-hydroxylation sites is 2. The molecule has 0 bridgehead atoms. The zero-order chi connectivity index (χ0) is 15.7. The summed E-state index contributed by atoms with van der Waals surface area (Å²) in [6.45, 7) is 4.34. The molecule has 22 heavy (non-hydrogen) atoms. The van der Waals surface area contributed by atoms with Gasteiger partial charge in [0.2, 0.25) is 0 Å². The van der Waals surface area contributed by atoms with E-state index in [1.54, 1.807) is 0 Å². The van der Waals surface area contributed by atoms with Crippen LogP contribution in [0.5, 0.6) is 0 Å². The molecule has 3 rings (SSSR count). The van der Waals surface area contributed by atoms with Gasteiger partial charge < -0.3 is 9.30 Å². The van der Waals surface area contributed by atoms with Crippen molar-refractivity contribution < 1.29 is 9.53 Å². The Hall–Kier alpha value is -2.55. The van der Waals surface area contributed by atoms with Gasteiger partial charge in [-0.15, -0.1) is 0 Å². The molecule has 3 nitrogen and oxygen atoms in total. The Morgan fingerprint density at radius 3 is 2.45 bits per heavy atom. The van der Waals surface area contributed by atoms with Gasteiger partial charge in [0.15, 0.2) is 0 Å². The number of ether oxygens (including phenoxy) is 1. The van der Waals surface area contributed by atoms with Crippen LogP contribution in [0.1, 0.15) is 35.7 Å². The second kappa shape index (κ2) is 5.68. The first kappa shape index (κ1) is 14.4. The Morgan fingerprint density at radius 1 is 1.05 bits per heavy atom. The highest BCUT2D eigenvalue weighted by Gasteiger charge is 2.17. The fourth-order valence-electron chi connectivity index (χ4n) is 2.85. The van der Waals surface area contributed by atoms with E-state index >= 15 is 0 Å². The lowest BCUT2D eigenvalue weighted by atomic mass is 10.0. The van der Waals surface area contributed by atoms with E-state index in [-0.39, 0.29) is 5.97 Å². The van der Waals surface area contributed by atoms with Gasteiger partial charge in [-0.2, -0.15) is 0 Å². The van der Waals surface area contributed by atoms with E-state index in [1.165, 1.54) is 12.7 Å². The van der Waals surface area contributed by atoms with Crippen LogP contribution in [0.15, 0.2) is 54.7 Å². The van der Waals surface area contributed by atoms with Gasteiger partial charge in [0, 0.05) is 17.3 Å². The third kappa shape index (κ3) is 2.29. The van der Waals surface area contributed by atoms with Gasteiger partial charge in [0.1, 0.15) is 0 Å². The molecule has 0 N–H and O–H groups in total. The molecule has 0 aliphatic carbocycles. The highest BCUT2D eigenvalue weighted by Crippen LogP contribution is 2.29. The first-order valence-electron chi connectivity index (χ1n) is 7.41. The summed E-state index contributed by atoms with van der Waals surface area (Å²) in [5.41, 5.74) is 3.95. The number of carbonyl (C=O) groups is 1. The van der Waals surface area contributed by atoms with Crippen LogP contribution < -0.4 is 0 Å². The SMILES string of the molecule is COC(=O)c1cn(-c2ccccc2C(C)C)c2ccccc12. The zero-order valence-electron chi connectivity index (χ0n) is 13.0. The van der Waals surface area contributed by atoms with Crippen molar-refractivity contribution in [2.75, 3.05) is 7.11 Å². The minimum absolute atomic E-state index is 0.308. The van der Waals surface area contributed by atoms with Crippen molar-refractivity contribution in [3.05, 3.63) is 65.9 Å². The minimum atomic E-state index is -0.308. The zero-order valence-corrected chi connectivity index (χ0v) is 13.0. The van der Waals surface area contributed by atoms with Gasteiger partial charge in [-0.05, 0) is 23.6 Å². The Balaban J connectivity index is 2.31. The van der Waals surface area contributed by atoms with Crippen LogP contribution in [-0.4, -0.2) is 17.6 Å². The predicted octanol–water partition coefficient (Wildman–Crippen LogP) is 4.54. The van der Waals surface area contributed by atoms with Gasteiger partial charge in [-0.1, -0.05) is 50.2 Å². The summed E-state index contributed by atoms with van der Waals surface area (Å²) in [7, 11) is 1.41. The molecule has 3 aromatic rings. The molecule has 3 heteroatoms. The molecule has 0 saturated heterocycles. The maximum Gasteiger partial charge on any atom is 0.340 e. The van der Waals surface area contributed by atoms with Gasteiger partial charge in [-0.25, -0.2) is 4.79 Å². The summed E-state index contributed by atoms with van der Waals surface area (Å²) in [6.07, 6.45) is 1.87. The van der Waals surface area contributed by atoms with Crippen LogP contribution in [0.25, 0.3) is 16.6 Å². The second-order valence-corrected chi connectivity index (χ2v) is 5.64. The summed E-state index contributed by atoms with van der Waals surface area (Å²) in [5.74, 6) is 0.0934. The van der Waals surface area contributed by atoms with Gasteiger partial charge >= 0.3 is 5.97 Å². The second-order valence-electron chi connectivity index (χ2n) is 5.64. The summed E-state index contributed by atoms with van der Waals surface area (Å²) >= 11 is 0. The summed E-state index contributed by atoms with van der Waals surface area (Å²) < 4.78 is 7.00. The number of hydrogen-bond acceptors (Lipinski definition) is 2. The number of rotatable bonds is 3. The van der Waals surface area contributed by atoms with Crippen molar-refractivity contribution in [2.45, 2.75) is 19.8 Å². The van der Waals surface area contributed by atoms with Crippen LogP contribution in [0.4, 0.5) is 0 Å². The van der Waals surface area contributed by atoms with Crippen LogP contribution >= 0.6 is 0 Å². The number of benzene rings is 2. The smallest absolute Gasteiger partial charge is 0.340 e. The Labute approximate surface area is 130 Å². The molecule has 0 aliphatic rings. The van der Waals surface area contributed by atoms with Crippen LogP contribution in [0.2, 0.25) is 0 Å². The molecule has 1 aromatic heterocycles. The quantitative estimate of drug-likeness (QED) is 0.664. The molecule has 2 aromatic carbocycles. The molecule has 0 amide bonds. The highest BCUT2D eigenvalue weighted by molar-refractivity contribution is 6.04. The standard InChI is InChI=1S/C19H19NO2/c1-13(2)14-8-4-6-10-17(14)20-12-16(19(21)22-3)15-9-5-7-11-18(15)20/h4-13H,1-3H3. The monoisotopic (exact) mass is 293 g/mol. The predicted molar refractivity (Wildman–Crippen MR) is 88.7 cm³/mol. The number of nitrogens with zero attached hydrogens (tertiary/aromatic N) is 1. The van der Waals surface area contributed by atoms with Crippen LogP contribution in [0, 0.1) is 0 Å². The maximum absolute atomic E-state index is 12.1. The summed E-state index contributed by atoms with van der Waals surface area (Å²) in [4.78, 5) is 12.1. The fraction of sp³-hybridized carbons (Fsp3) is 0.211. The van der Waals surface area contributed by atoms with Gasteiger partial charge in [-0.3, -0.25) is 0 Å². The number of carbonyl (C=O) groups excluding carboxylic acids is 1. The first-order chi connectivity index (χ1) is 10.6. The van der Waals surface area contributed by atoms with Crippen molar-refractivity contribution in [2.24, 2.45) is 0 Å². The molecule has 112 valence electrons. The lowest BCUT2D eigenvalue weighted by Crippen LogP contribution is -2.01. The maximum atomic E-state index is 12.1. The number of methoxy groups -OCH3 is 1. The molecular weight excluding hydrogens is 274 g/mol. The Morgan fingerprint density at radius 2 is 1.73 bits per heavy atom. The number of aromatic nitrogens is 1. The van der Waals surface area contributed by atoms with Crippen molar-refractivity contribution >= 4 is 16.9 Å². The molecule has 1 heterocycles. The molecule has 0 saturated carbocycles. The topological polar surface area (TPSA) is 31.2 Å². The van der Waals surface area contributed by atoms with E-state index in [0.29, 0.717) is 11.5 Å². The van der Waals surface area contributed by atoms with Crippen molar-refractivity contribution in [3.63, 3.8) is 0 Å². The van der Waals surface area contributed by atoms with Crippen molar-refractivity contribution in [3.8, 4) is 5.69 Å². The molecule has 0 fully saturated rings. The number of hydrogen-bond donors (Lipinski definition) is 0. The fourth-order valence-corrected chi connectivity index (χ4v) is 2.85. The summed E-state index contributed by atoms with van der Waals surface area (Å²) in [6, 6.07) is 16.2. The van der Waals surface area contributed by atoms with Crippen LogP contribution in [-0.2, 0) is 4.74 Å². The van der Waals surface area contributed by atoms with Crippen LogP contribution in [0.3, 0.4) is 0 Å². The molecule has 0 aliphatic heterocycles. The van der Waals surface area contributed by atoms with E-state index in [4.69, 9.17) is 4.74 Å². The van der Waals surface area contributed by atoms with Crippen molar-refractivity contribution in [1.82, 2.24) is 4.57 Å². The molecular formula is C19H19NO2. The summed E-state index contributed by atoms with van der Waals surface area (Å²) in [5, 5.41) is 0.910. The third-order valence-corrected chi connectivity index (χ3v) is 3.94. The van der Waals surface area contributed by atoms with E-state index in [1.807, 2.05) is 42.6 Å². The molecule has 0 radical (unpaired) electrons. The molecule has 0 atom stereocenters. The normalized spacial score (nSPS) is 11.1. The van der Waals surface area contributed by atoms with E-state index in [0.717, 1.165) is 16.6 Å². The Bertz CT molecular complexity index is 830. The average molecular weight is 293 g/mol. The van der Waals surface area contributed by atoms with Gasteiger partial charge in [0.05, 0.1) is 18.2 Å². The minimum Gasteiger partial charge on any atom is -0.465 e. The lowest BCUT2D eigenvalue weighted by molar-refractivity contribution is 0.0603. The molecule has 0 spiro atoms. The third-order valence-electron chi connectivity index (χ3n) is 3.94. The first-order valence-corrected chi connectivity index (χ1v) is 7.41. The lowest BCUT2D eigenvalue weighted by Gasteiger charge is -2.14. The van der Waals surface area contributed by atoms with Gasteiger partial charge in [0.25, 0.3) is 0 Å². The average Bonchev–Trinajstić information content (AvgIpc) is 2.93. The Kier molecular flexibility index (Phi) is 3.72. The molecule has 0 unspecified atom stereocenters. The van der Waals surface area contributed by atoms with E-state index in [9.17, 15) is 4.79 Å².